The minimum Gasteiger partial charge on any atom is -0.385 e. The van der Waals surface area contributed by atoms with E-state index < -0.39 is 23.8 Å². The molecule has 11 heteroatoms. The topological polar surface area (TPSA) is 130 Å². The number of rotatable bonds is 9. The molecule has 45 heavy (non-hydrogen) atoms. The van der Waals surface area contributed by atoms with Gasteiger partial charge in [-0.2, -0.15) is 5.10 Å². The Bertz CT molecular complexity index is 1640. The minimum atomic E-state index is -0.956. The molecule has 3 aliphatic heterocycles. The normalized spacial score (nSPS) is 24.0. The highest BCUT2D eigenvalue weighted by atomic mass is 16.2. The van der Waals surface area contributed by atoms with Crippen molar-refractivity contribution < 1.29 is 19.2 Å². The van der Waals surface area contributed by atoms with E-state index in [1.165, 1.54) is 5.69 Å². The zero-order valence-electron chi connectivity index (χ0n) is 25.6. The van der Waals surface area contributed by atoms with Crippen LogP contribution in [0.15, 0.2) is 48.8 Å². The summed E-state index contributed by atoms with van der Waals surface area (Å²) >= 11 is 0. The van der Waals surface area contributed by atoms with Gasteiger partial charge in [-0.3, -0.25) is 39.1 Å². The van der Waals surface area contributed by atoms with Crippen LogP contribution in [0.1, 0.15) is 89.7 Å². The number of piperidine rings is 2. The summed E-state index contributed by atoms with van der Waals surface area (Å²) < 4.78 is 2.11. The molecule has 3 fully saturated rings. The minimum absolute atomic E-state index is 0.103. The molecule has 7 rings (SSSR count). The lowest BCUT2D eigenvalue weighted by atomic mass is 9.77. The summed E-state index contributed by atoms with van der Waals surface area (Å²) in [4.78, 5) is 58.2. The number of anilines is 1. The molecule has 0 radical (unpaired) electrons. The van der Waals surface area contributed by atoms with Gasteiger partial charge in [0.05, 0.1) is 29.1 Å². The maximum Gasteiger partial charge on any atom is 0.262 e. The first-order valence-electron chi connectivity index (χ1n) is 16.1. The van der Waals surface area contributed by atoms with Crippen LogP contribution < -0.4 is 10.6 Å². The highest BCUT2D eigenvalue weighted by molar-refractivity contribution is 6.23. The Kier molecular flexibility index (Phi) is 7.95. The standard InChI is InChI=1S/C34H39N7O4/c1-39-14-11-22(12-15-39)28-5-2-6-29(37-28)23-19-36-40(20-23)25-16-21(17-25)4-3-13-35-24-7-8-26-27(18-24)34(45)41(33(26)44)30-9-10-31(42)38-32(30)43/h2,5-8,18-22,25,30,35H,3-4,9-17H2,1H3,(H,38,42,43)/t21-,25-,30?. The van der Waals surface area contributed by atoms with Gasteiger partial charge in [-0.1, -0.05) is 6.07 Å². The lowest BCUT2D eigenvalue weighted by Crippen LogP contribution is -2.54. The number of pyridine rings is 1. The van der Waals surface area contributed by atoms with Crippen molar-refractivity contribution in [2.45, 2.75) is 69.4 Å². The third kappa shape index (κ3) is 5.88. The van der Waals surface area contributed by atoms with Gasteiger partial charge in [0.2, 0.25) is 11.8 Å². The van der Waals surface area contributed by atoms with Crippen LogP contribution in [0, 0.1) is 5.92 Å². The van der Waals surface area contributed by atoms with Gasteiger partial charge in [-0.05, 0) is 101 Å². The highest BCUT2D eigenvalue weighted by Crippen LogP contribution is 2.40. The monoisotopic (exact) mass is 609 g/mol. The fourth-order valence-electron chi connectivity index (χ4n) is 7.17. The number of fused-ring (bicyclic) bond motifs is 1. The average Bonchev–Trinajstić information content (AvgIpc) is 3.59. The molecule has 1 aliphatic carbocycles. The first-order chi connectivity index (χ1) is 21.8. The van der Waals surface area contributed by atoms with Gasteiger partial charge >= 0.3 is 0 Å². The predicted molar refractivity (Wildman–Crippen MR) is 168 cm³/mol. The number of amides is 4. The van der Waals surface area contributed by atoms with Gasteiger partial charge < -0.3 is 10.2 Å². The van der Waals surface area contributed by atoms with Crippen LogP contribution in [0.3, 0.4) is 0 Å². The van der Waals surface area contributed by atoms with Crippen molar-refractivity contribution in [2.24, 2.45) is 5.92 Å². The third-order valence-electron chi connectivity index (χ3n) is 9.95. The van der Waals surface area contributed by atoms with Crippen molar-refractivity contribution in [3.05, 3.63) is 65.6 Å². The van der Waals surface area contributed by atoms with Crippen molar-refractivity contribution in [1.29, 1.82) is 0 Å². The van der Waals surface area contributed by atoms with Crippen LogP contribution in [-0.4, -0.2) is 80.9 Å². The predicted octanol–water partition coefficient (Wildman–Crippen LogP) is 4.00. The number of nitrogens with zero attached hydrogens (tertiary/aromatic N) is 5. The van der Waals surface area contributed by atoms with E-state index >= 15 is 0 Å². The van der Waals surface area contributed by atoms with Gasteiger partial charge in [0, 0.05) is 42.0 Å². The number of benzene rings is 1. The molecule has 234 valence electrons. The van der Waals surface area contributed by atoms with Gasteiger partial charge in [-0.25, -0.2) is 0 Å². The Morgan fingerprint density at radius 2 is 1.78 bits per heavy atom. The number of hydrogen-bond acceptors (Lipinski definition) is 8. The summed E-state index contributed by atoms with van der Waals surface area (Å²) in [6.45, 7) is 3.00. The first-order valence-corrected chi connectivity index (χ1v) is 16.1. The summed E-state index contributed by atoms with van der Waals surface area (Å²) in [5.74, 6) is -0.784. The zero-order chi connectivity index (χ0) is 31.1. The van der Waals surface area contributed by atoms with Crippen molar-refractivity contribution in [3.63, 3.8) is 0 Å². The van der Waals surface area contributed by atoms with Gasteiger partial charge in [-0.15, -0.1) is 0 Å². The SMILES string of the molecule is CN1CCC(c2cccc(-c3cnn([C@H]4C[C@H](CCCNc5ccc6c(c5)C(=O)N(C5CCC(=O)NC5=O)C6=O)C4)c3)n2)CC1. The van der Waals surface area contributed by atoms with E-state index in [1.807, 2.05) is 6.20 Å². The summed E-state index contributed by atoms with van der Waals surface area (Å²) in [6, 6.07) is 11.0. The second kappa shape index (κ2) is 12.2. The van der Waals surface area contributed by atoms with E-state index in [4.69, 9.17) is 4.98 Å². The third-order valence-corrected chi connectivity index (χ3v) is 9.95. The maximum atomic E-state index is 13.1. The number of carbonyl (C=O) groups excluding carboxylic acids is 4. The van der Waals surface area contributed by atoms with Crippen LogP contribution in [-0.2, 0) is 9.59 Å². The quantitative estimate of drug-likeness (QED) is 0.275. The highest BCUT2D eigenvalue weighted by Gasteiger charge is 2.44. The van der Waals surface area contributed by atoms with Crippen LogP contribution in [0.4, 0.5) is 5.69 Å². The molecule has 2 saturated heterocycles. The molecule has 4 aliphatic rings. The summed E-state index contributed by atoms with van der Waals surface area (Å²) in [5, 5.41) is 10.3. The molecule has 3 aromatic rings. The maximum absolute atomic E-state index is 13.1. The molecule has 2 aromatic heterocycles. The zero-order valence-corrected chi connectivity index (χ0v) is 25.6. The van der Waals surface area contributed by atoms with Crippen LogP contribution in [0.2, 0.25) is 0 Å². The molecule has 0 spiro atoms. The van der Waals surface area contributed by atoms with E-state index in [0.717, 1.165) is 80.0 Å². The van der Waals surface area contributed by atoms with Crippen LogP contribution in [0.5, 0.6) is 0 Å². The van der Waals surface area contributed by atoms with Gasteiger partial charge in [0.25, 0.3) is 11.8 Å². The number of likely N-dealkylation sites (tertiary alicyclic amines) is 1. The molecule has 1 unspecified atom stereocenters. The summed E-state index contributed by atoms with van der Waals surface area (Å²) in [6.07, 6.45) is 11.0. The molecular formula is C34H39N7O4. The van der Waals surface area contributed by atoms with Crippen LogP contribution >= 0.6 is 0 Å². The molecule has 0 bridgehead atoms. The second-order valence-corrected chi connectivity index (χ2v) is 13.0. The van der Waals surface area contributed by atoms with Crippen molar-refractivity contribution in [1.82, 2.24) is 29.9 Å². The number of hydrogen-bond donors (Lipinski definition) is 2. The molecule has 1 aromatic carbocycles. The second-order valence-electron chi connectivity index (χ2n) is 13.0. The lowest BCUT2D eigenvalue weighted by Gasteiger charge is -2.35. The Morgan fingerprint density at radius 1 is 0.978 bits per heavy atom. The van der Waals surface area contributed by atoms with E-state index in [1.54, 1.807) is 18.2 Å². The summed E-state index contributed by atoms with van der Waals surface area (Å²) in [5.41, 5.74) is 4.62. The number of carbonyl (C=O) groups is 4. The smallest absolute Gasteiger partial charge is 0.262 e. The van der Waals surface area contributed by atoms with Crippen molar-refractivity contribution in [2.75, 3.05) is 32.0 Å². The van der Waals surface area contributed by atoms with Gasteiger partial charge in [0.1, 0.15) is 6.04 Å². The molecule has 4 amide bonds. The molecule has 2 N–H and O–H groups in total. The Balaban J connectivity index is 0.871. The number of aromatic nitrogens is 3. The van der Waals surface area contributed by atoms with E-state index in [9.17, 15) is 19.2 Å². The van der Waals surface area contributed by atoms with E-state index in [0.29, 0.717) is 29.0 Å². The number of nitrogens with one attached hydrogen (secondary N) is 2. The van der Waals surface area contributed by atoms with Crippen LogP contribution in [0.25, 0.3) is 11.3 Å². The lowest BCUT2D eigenvalue weighted by molar-refractivity contribution is -0.136. The molecule has 1 atom stereocenters. The molecule has 5 heterocycles. The van der Waals surface area contributed by atoms with Crippen molar-refractivity contribution >= 4 is 29.3 Å². The fourth-order valence-corrected chi connectivity index (χ4v) is 7.17. The molecular weight excluding hydrogens is 570 g/mol. The molecule has 11 nitrogen and oxygen atoms in total. The van der Waals surface area contributed by atoms with E-state index in [2.05, 4.69) is 56.8 Å². The molecule has 1 saturated carbocycles. The first kappa shape index (κ1) is 29.3. The average molecular weight is 610 g/mol. The summed E-state index contributed by atoms with van der Waals surface area (Å²) in [7, 11) is 2.18. The Morgan fingerprint density at radius 3 is 2.58 bits per heavy atom. The largest absolute Gasteiger partial charge is 0.385 e. The van der Waals surface area contributed by atoms with Gasteiger partial charge in [0.15, 0.2) is 0 Å². The van der Waals surface area contributed by atoms with E-state index in [-0.39, 0.29) is 18.7 Å². The van der Waals surface area contributed by atoms with Crippen molar-refractivity contribution in [3.8, 4) is 11.3 Å². The number of imide groups is 2. The Labute approximate surface area is 262 Å². The fraction of sp³-hybridized carbons (Fsp3) is 0.471. The Hall–Kier alpha value is -4.38.